The van der Waals surface area contributed by atoms with Crippen LogP contribution < -0.4 is 4.72 Å². The highest BCUT2D eigenvalue weighted by Crippen LogP contribution is 2.12. The van der Waals surface area contributed by atoms with E-state index in [2.05, 4.69) is 9.82 Å². The van der Waals surface area contributed by atoms with E-state index in [0.29, 0.717) is 6.61 Å². The van der Waals surface area contributed by atoms with Gasteiger partial charge in [-0.1, -0.05) is 0 Å². The second-order valence-corrected chi connectivity index (χ2v) is 5.92. The first kappa shape index (κ1) is 13.5. The van der Waals surface area contributed by atoms with Crippen molar-refractivity contribution in [2.75, 3.05) is 19.8 Å². The third-order valence-corrected chi connectivity index (χ3v) is 4.15. The van der Waals surface area contributed by atoms with Crippen LogP contribution in [0, 0.1) is 0 Å². The molecule has 2 N–H and O–H groups in total. The van der Waals surface area contributed by atoms with Gasteiger partial charge in [-0.05, 0) is 12.8 Å². The fourth-order valence-corrected chi connectivity index (χ4v) is 2.82. The maximum atomic E-state index is 11.9. The van der Waals surface area contributed by atoms with Crippen LogP contribution >= 0.6 is 0 Å². The van der Waals surface area contributed by atoms with Gasteiger partial charge in [-0.3, -0.25) is 4.68 Å². The average molecular weight is 275 g/mol. The van der Waals surface area contributed by atoms with Crippen LogP contribution in [0.1, 0.15) is 12.8 Å². The molecule has 1 aromatic rings. The molecular weight excluding hydrogens is 258 g/mol. The van der Waals surface area contributed by atoms with Crippen LogP contribution in [-0.4, -0.2) is 49.2 Å². The molecular formula is C10H17N3O4S. The summed E-state index contributed by atoms with van der Waals surface area (Å²) in [4.78, 5) is 0.106. The van der Waals surface area contributed by atoms with E-state index in [9.17, 15) is 8.42 Å². The third kappa shape index (κ3) is 3.29. The minimum Gasteiger partial charge on any atom is -0.394 e. The molecule has 102 valence electrons. The van der Waals surface area contributed by atoms with E-state index >= 15 is 0 Å². The summed E-state index contributed by atoms with van der Waals surface area (Å²) in [6.07, 6.45) is 4.49. The zero-order chi connectivity index (χ0) is 13.0. The van der Waals surface area contributed by atoms with Crippen LogP contribution in [0.4, 0.5) is 0 Å². The molecule has 18 heavy (non-hydrogen) atoms. The maximum Gasteiger partial charge on any atom is 0.243 e. The summed E-state index contributed by atoms with van der Waals surface area (Å²) in [6.45, 7) is 1.18. The largest absolute Gasteiger partial charge is 0.394 e. The lowest BCUT2D eigenvalue weighted by atomic mass is 10.2. The highest BCUT2D eigenvalue weighted by molar-refractivity contribution is 7.89. The molecule has 0 aliphatic carbocycles. The Kier molecular flexibility index (Phi) is 4.33. The molecule has 0 aromatic carbocycles. The van der Waals surface area contributed by atoms with Crippen molar-refractivity contribution in [3.8, 4) is 0 Å². The monoisotopic (exact) mass is 275 g/mol. The fourth-order valence-electron chi connectivity index (χ4n) is 1.80. The summed E-state index contributed by atoms with van der Waals surface area (Å²) in [5.74, 6) is 0. The molecule has 1 aromatic heterocycles. The first-order valence-electron chi connectivity index (χ1n) is 5.86. The first-order chi connectivity index (χ1) is 8.62. The number of nitrogens with one attached hydrogen (secondary N) is 1. The molecule has 1 aliphatic heterocycles. The Morgan fingerprint density at radius 3 is 3.11 bits per heavy atom. The fraction of sp³-hybridized carbons (Fsp3) is 0.700. The number of aliphatic hydroxyl groups is 1. The van der Waals surface area contributed by atoms with E-state index in [0.717, 1.165) is 12.8 Å². The average Bonchev–Trinajstić information content (AvgIpc) is 2.98. The van der Waals surface area contributed by atoms with Crippen LogP contribution in [0.15, 0.2) is 17.3 Å². The predicted octanol–water partition coefficient (Wildman–Crippen LogP) is -0.667. The van der Waals surface area contributed by atoms with Crippen LogP contribution in [0.25, 0.3) is 0 Å². The minimum atomic E-state index is -3.54. The van der Waals surface area contributed by atoms with Gasteiger partial charge in [0.2, 0.25) is 10.0 Å². The van der Waals surface area contributed by atoms with Gasteiger partial charge in [-0.2, -0.15) is 5.10 Å². The summed E-state index contributed by atoms with van der Waals surface area (Å²) in [5, 5.41) is 12.6. The molecule has 0 radical (unpaired) electrons. The summed E-state index contributed by atoms with van der Waals surface area (Å²) in [6, 6.07) is 0. The number of hydrogen-bond donors (Lipinski definition) is 2. The van der Waals surface area contributed by atoms with E-state index in [1.165, 1.54) is 17.1 Å². The molecule has 8 heteroatoms. The molecule has 0 saturated carbocycles. The number of ether oxygens (including phenoxy) is 1. The Balaban J connectivity index is 1.95. The minimum absolute atomic E-state index is 0.0349. The molecule has 1 fully saturated rings. The Morgan fingerprint density at radius 2 is 2.44 bits per heavy atom. The molecule has 2 rings (SSSR count). The van der Waals surface area contributed by atoms with Gasteiger partial charge in [-0.25, -0.2) is 13.1 Å². The predicted molar refractivity (Wildman–Crippen MR) is 63.5 cm³/mol. The van der Waals surface area contributed by atoms with Crippen molar-refractivity contribution >= 4 is 10.0 Å². The Labute approximate surface area is 106 Å². The van der Waals surface area contributed by atoms with Gasteiger partial charge in [0.25, 0.3) is 0 Å². The van der Waals surface area contributed by atoms with E-state index in [1.807, 2.05) is 0 Å². The Morgan fingerprint density at radius 1 is 1.61 bits per heavy atom. The number of aliphatic hydroxyl groups excluding tert-OH is 1. The molecule has 0 amide bonds. The van der Waals surface area contributed by atoms with Crippen LogP contribution in [0.3, 0.4) is 0 Å². The van der Waals surface area contributed by atoms with E-state index in [4.69, 9.17) is 9.84 Å². The van der Waals surface area contributed by atoms with E-state index in [-0.39, 0.29) is 30.7 Å². The summed E-state index contributed by atoms with van der Waals surface area (Å²) < 4.78 is 33.1. The SMILES string of the molecule is O=S(=O)(NCC1CCCO1)c1cnn(CCO)c1. The van der Waals surface area contributed by atoms with Gasteiger partial charge in [0.15, 0.2) is 0 Å². The number of aromatic nitrogens is 2. The van der Waals surface area contributed by atoms with Gasteiger partial charge >= 0.3 is 0 Å². The van der Waals surface area contributed by atoms with E-state index < -0.39 is 10.0 Å². The third-order valence-electron chi connectivity index (χ3n) is 2.77. The van der Waals surface area contributed by atoms with Crippen molar-refractivity contribution in [3.05, 3.63) is 12.4 Å². The molecule has 0 spiro atoms. The molecule has 1 unspecified atom stereocenters. The standard InChI is InChI=1S/C10H17N3O4S/c14-4-3-13-8-10(7-11-13)18(15,16)12-6-9-2-1-5-17-9/h7-9,12,14H,1-6H2. The van der Waals surface area contributed by atoms with Crippen molar-refractivity contribution in [2.24, 2.45) is 0 Å². The quantitative estimate of drug-likeness (QED) is 0.718. The van der Waals surface area contributed by atoms with Crippen LogP contribution in [0.5, 0.6) is 0 Å². The van der Waals surface area contributed by atoms with Crippen molar-refractivity contribution < 1.29 is 18.3 Å². The van der Waals surface area contributed by atoms with Gasteiger partial charge in [0, 0.05) is 19.3 Å². The first-order valence-corrected chi connectivity index (χ1v) is 7.35. The molecule has 0 bridgehead atoms. The van der Waals surface area contributed by atoms with E-state index in [1.54, 1.807) is 0 Å². The molecule has 1 saturated heterocycles. The summed E-state index contributed by atoms with van der Waals surface area (Å²) in [5.41, 5.74) is 0. The van der Waals surface area contributed by atoms with Crippen molar-refractivity contribution in [3.63, 3.8) is 0 Å². The van der Waals surface area contributed by atoms with Crippen molar-refractivity contribution in [1.29, 1.82) is 0 Å². The number of hydrogen-bond acceptors (Lipinski definition) is 5. The van der Waals surface area contributed by atoms with Gasteiger partial charge < -0.3 is 9.84 Å². The topological polar surface area (TPSA) is 93.5 Å². The molecule has 1 atom stereocenters. The van der Waals surface area contributed by atoms with Crippen molar-refractivity contribution in [2.45, 2.75) is 30.4 Å². The lowest BCUT2D eigenvalue weighted by Gasteiger charge is -2.10. The molecule has 7 nitrogen and oxygen atoms in total. The lowest BCUT2D eigenvalue weighted by Crippen LogP contribution is -2.31. The van der Waals surface area contributed by atoms with Gasteiger partial charge in [0.05, 0.1) is 25.5 Å². The van der Waals surface area contributed by atoms with Crippen LogP contribution in [-0.2, 0) is 21.3 Å². The number of rotatable bonds is 6. The van der Waals surface area contributed by atoms with Gasteiger partial charge in [-0.15, -0.1) is 0 Å². The van der Waals surface area contributed by atoms with Crippen molar-refractivity contribution in [1.82, 2.24) is 14.5 Å². The normalized spacial score (nSPS) is 20.4. The lowest BCUT2D eigenvalue weighted by molar-refractivity contribution is 0.114. The Bertz CT molecular complexity index is 479. The molecule has 2 heterocycles. The highest BCUT2D eigenvalue weighted by Gasteiger charge is 2.21. The maximum absolute atomic E-state index is 11.9. The van der Waals surface area contributed by atoms with Gasteiger partial charge in [0.1, 0.15) is 4.90 Å². The summed E-state index contributed by atoms with van der Waals surface area (Å²) >= 11 is 0. The summed E-state index contributed by atoms with van der Waals surface area (Å²) in [7, 11) is -3.54. The highest BCUT2D eigenvalue weighted by atomic mass is 32.2. The second-order valence-electron chi connectivity index (χ2n) is 4.15. The second kappa shape index (κ2) is 5.79. The van der Waals surface area contributed by atoms with Crippen LogP contribution in [0.2, 0.25) is 0 Å². The Hall–Kier alpha value is -0.960. The number of nitrogens with zero attached hydrogens (tertiary/aromatic N) is 2. The zero-order valence-electron chi connectivity index (χ0n) is 9.95. The molecule has 1 aliphatic rings. The smallest absolute Gasteiger partial charge is 0.243 e. The number of sulfonamides is 1. The zero-order valence-corrected chi connectivity index (χ0v) is 10.8.